The Balaban J connectivity index is 0.00000151. The summed E-state index contributed by atoms with van der Waals surface area (Å²) in [5.41, 5.74) is 1.45. The average molecular weight is 344 g/mol. The first kappa shape index (κ1) is 20.5. The number of aromatic nitrogens is 1. The number of rotatable bonds is 7. The van der Waals surface area contributed by atoms with Gasteiger partial charge in [-0.3, -0.25) is 9.59 Å². The quantitative estimate of drug-likeness (QED) is 0.750. The predicted molar refractivity (Wildman–Crippen MR) is 101 cm³/mol. The maximum atomic E-state index is 12.3. The fourth-order valence-corrected chi connectivity index (χ4v) is 2.19. The van der Waals surface area contributed by atoms with E-state index in [0.29, 0.717) is 12.2 Å². The highest BCUT2D eigenvalue weighted by Gasteiger charge is 2.17. The average Bonchev–Trinajstić information content (AvgIpc) is 2.63. The Labute approximate surface area is 149 Å². The molecule has 0 aliphatic rings. The molecule has 2 rings (SSSR count). The first-order chi connectivity index (χ1) is 12.1. The van der Waals surface area contributed by atoms with Crippen LogP contribution in [0.25, 0.3) is 0 Å². The second kappa shape index (κ2) is 11.1. The number of carbonyl (C=O) groups is 1. The normalized spacial score (nSPS) is 9.76. The maximum absolute atomic E-state index is 12.3. The third-order valence-electron chi connectivity index (χ3n) is 3.41. The molecule has 25 heavy (non-hydrogen) atoms. The number of pyridine rings is 1. The van der Waals surface area contributed by atoms with Crippen molar-refractivity contribution in [3.8, 4) is 5.75 Å². The van der Waals surface area contributed by atoms with E-state index < -0.39 is 0 Å². The number of aromatic amines is 1. The Morgan fingerprint density at radius 3 is 2.52 bits per heavy atom. The van der Waals surface area contributed by atoms with Crippen LogP contribution < -0.4 is 15.6 Å². The molecule has 1 aromatic heterocycles. The standard InChI is InChI=1S/C18H22N2O3.C2H6/c1-3-4-10-19-17(21)15-11-13(2)20-18(22)16(15)23-12-14-8-6-5-7-9-14;1-2/h5-9,11H,3-4,10,12H2,1-2H3,(H,19,21)(H,20,22);1-2H3. The molecule has 1 amide bonds. The molecule has 0 saturated carbocycles. The molecule has 0 aliphatic carbocycles. The van der Waals surface area contributed by atoms with Crippen LogP contribution in [0.3, 0.4) is 0 Å². The number of carbonyl (C=O) groups excluding carboxylic acids is 1. The van der Waals surface area contributed by atoms with Crippen LogP contribution in [0.2, 0.25) is 0 Å². The molecule has 0 bridgehead atoms. The summed E-state index contributed by atoms with van der Waals surface area (Å²) in [4.78, 5) is 27.1. The number of H-pyrrole nitrogens is 1. The van der Waals surface area contributed by atoms with Crippen LogP contribution in [0.4, 0.5) is 0 Å². The van der Waals surface area contributed by atoms with Gasteiger partial charge in [-0.05, 0) is 25.0 Å². The van der Waals surface area contributed by atoms with E-state index in [1.807, 2.05) is 44.2 Å². The first-order valence-corrected chi connectivity index (χ1v) is 8.80. The minimum atomic E-state index is -0.387. The molecule has 1 heterocycles. The zero-order chi connectivity index (χ0) is 18.7. The SMILES string of the molecule is CC.CCCCNC(=O)c1cc(C)[nH]c(=O)c1OCc1ccccc1. The number of unbranched alkanes of at least 4 members (excludes halogenated alkanes) is 1. The van der Waals surface area contributed by atoms with Gasteiger partial charge in [-0.25, -0.2) is 0 Å². The summed E-state index contributed by atoms with van der Waals surface area (Å²) in [5.74, 6) is -0.218. The number of hydrogen-bond donors (Lipinski definition) is 2. The third kappa shape index (κ3) is 6.45. The summed E-state index contributed by atoms with van der Waals surface area (Å²) in [5, 5.41) is 2.82. The highest BCUT2D eigenvalue weighted by molar-refractivity contribution is 5.96. The second-order valence-corrected chi connectivity index (χ2v) is 5.41. The van der Waals surface area contributed by atoms with Crippen LogP contribution in [0.1, 0.15) is 55.2 Å². The molecule has 0 aliphatic heterocycles. The van der Waals surface area contributed by atoms with Gasteiger partial charge in [-0.2, -0.15) is 0 Å². The van der Waals surface area contributed by atoms with Crippen LogP contribution >= 0.6 is 0 Å². The van der Waals surface area contributed by atoms with Gasteiger partial charge in [0.05, 0.1) is 5.56 Å². The molecule has 136 valence electrons. The van der Waals surface area contributed by atoms with Crippen molar-refractivity contribution in [1.82, 2.24) is 10.3 Å². The van der Waals surface area contributed by atoms with Crippen LogP contribution in [0.15, 0.2) is 41.2 Å². The fraction of sp³-hybridized carbons (Fsp3) is 0.400. The topological polar surface area (TPSA) is 71.2 Å². The lowest BCUT2D eigenvalue weighted by Crippen LogP contribution is -2.27. The van der Waals surface area contributed by atoms with Gasteiger partial charge < -0.3 is 15.0 Å². The summed E-state index contributed by atoms with van der Waals surface area (Å²) >= 11 is 0. The smallest absolute Gasteiger partial charge is 0.291 e. The van der Waals surface area contributed by atoms with E-state index in [1.54, 1.807) is 13.0 Å². The Bertz CT molecular complexity index is 709. The van der Waals surface area contributed by atoms with Crippen molar-refractivity contribution >= 4 is 5.91 Å². The summed E-state index contributed by atoms with van der Waals surface area (Å²) < 4.78 is 5.63. The molecule has 5 nitrogen and oxygen atoms in total. The van der Waals surface area contributed by atoms with Gasteiger partial charge in [-0.1, -0.05) is 57.5 Å². The van der Waals surface area contributed by atoms with Crippen molar-refractivity contribution in [2.45, 2.75) is 47.1 Å². The number of nitrogens with one attached hydrogen (secondary N) is 2. The van der Waals surface area contributed by atoms with E-state index >= 15 is 0 Å². The lowest BCUT2D eigenvalue weighted by molar-refractivity contribution is 0.0948. The van der Waals surface area contributed by atoms with Gasteiger partial charge in [-0.15, -0.1) is 0 Å². The van der Waals surface area contributed by atoms with Gasteiger partial charge >= 0.3 is 0 Å². The van der Waals surface area contributed by atoms with Crippen molar-refractivity contribution in [3.63, 3.8) is 0 Å². The van der Waals surface area contributed by atoms with Crippen LogP contribution in [0, 0.1) is 6.92 Å². The van der Waals surface area contributed by atoms with E-state index in [1.165, 1.54) is 0 Å². The zero-order valence-electron chi connectivity index (χ0n) is 15.5. The number of hydrogen-bond acceptors (Lipinski definition) is 3. The van der Waals surface area contributed by atoms with Crippen molar-refractivity contribution < 1.29 is 9.53 Å². The Morgan fingerprint density at radius 2 is 1.88 bits per heavy atom. The second-order valence-electron chi connectivity index (χ2n) is 5.41. The van der Waals surface area contributed by atoms with Crippen LogP contribution in [-0.4, -0.2) is 17.4 Å². The highest BCUT2D eigenvalue weighted by Crippen LogP contribution is 2.15. The van der Waals surface area contributed by atoms with Gasteiger partial charge in [0.25, 0.3) is 11.5 Å². The van der Waals surface area contributed by atoms with E-state index in [0.717, 1.165) is 18.4 Å². The molecule has 0 atom stereocenters. The molecule has 0 fully saturated rings. The van der Waals surface area contributed by atoms with Gasteiger partial charge in [0.2, 0.25) is 0 Å². The minimum absolute atomic E-state index is 0.0634. The van der Waals surface area contributed by atoms with E-state index in [-0.39, 0.29) is 29.4 Å². The van der Waals surface area contributed by atoms with E-state index in [2.05, 4.69) is 17.2 Å². The van der Waals surface area contributed by atoms with Crippen molar-refractivity contribution in [1.29, 1.82) is 0 Å². The molecule has 0 unspecified atom stereocenters. The predicted octanol–water partition coefficient (Wildman–Crippen LogP) is 3.82. The van der Waals surface area contributed by atoms with E-state index in [4.69, 9.17) is 4.74 Å². The Morgan fingerprint density at radius 1 is 1.20 bits per heavy atom. The lowest BCUT2D eigenvalue weighted by atomic mass is 10.2. The summed E-state index contributed by atoms with van der Waals surface area (Å²) in [6, 6.07) is 11.2. The fourth-order valence-electron chi connectivity index (χ4n) is 2.19. The first-order valence-electron chi connectivity index (χ1n) is 8.80. The van der Waals surface area contributed by atoms with Gasteiger partial charge in [0.15, 0.2) is 5.75 Å². The molecular weight excluding hydrogens is 316 g/mol. The molecule has 2 N–H and O–H groups in total. The molecule has 0 spiro atoms. The Hall–Kier alpha value is -2.56. The number of benzene rings is 1. The lowest BCUT2D eigenvalue weighted by Gasteiger charge is -2.12. The van der Waals surface area contributed by atoms with E-state index in [9.17, 15) is 9.59 Å². The molecule has 0 radical (unpaired) electrons. The molecule has 1 aromatic carbocycles. The number of ether oxygens (including phenoxy) is 1. The van der Waals surface area contributed by atoms with Gasteiger partial charge in [0, 0.05) is 12.2 Å². The van der Waals surface area contributed by atoms with Crippen molar-refractivity contribution in [3.05, 3.63) is 63.6 Å². The number of aryl methyl sites for hydroxylation is 1. The molecule has 2 aromatic rings. The largest absolute Gasteiger partial charge is 0.482 e. The van der Waals surface area contributed by atoms with Crippen molar-refractivity contribution in [2.24, 2.45) is 0 Å². The van der Waals surface area contributed by atoms with Crippen LogP contribution in [0.5, 0.6) is 5.75 Å². The van der Waals surface area contributed by atoms with Crippen molar-refractivity contribution in [2.75, 3.05) is 6.54 Å². The van der Waals surface area contributed by atoms with Crippen LogP contribution in [-0.2, 0) is 6.61 Å². The third-order valence-corrected chi connectivity index (χ3v) is 3.41. The highest BCUT2D eigenvalue weighted by atomic mass is 16.5. The summed E-state index contributed by atoms with van der Waals surface area (Å²) in [6.07, 6.45) is 1.89. The summed E-state index contributed by atoms with van der Waals surface area (Å²) in [7, 11) is 0. The summed E-state index contributed by atoms with van der Waals surface area (Å²) in [6.45, 7) is 8.62. The Kier molecular flexibility index (Phi) is 9.07. The zero-order valence-corrected chi connectivity index (χ0v) is 15.5. The number of amides is 1. The molecular formula is C20H28N2O3. The molecule has 5 heteroatoms. The molecule has 0 saturated heterocycles. The minimum Gasteiger partial charge on any atom is -0.482 e. The maximum Gasteiger partial charge on any atom is 0.291 e. The van der Waals surface area contributed by atoms with Gasteiger partial charge in [0.1, 0.15) is 6.61 Å². The monoisotopic (exact) mass is 344 g/mol.